The Morgan fingerprint density at radius 3 is 2.69 bits per heavy atom. The van der Waals surface area contributed by atoms with Crippen LogP contribution in [0.15, 0.2) is 4.63 Å². The van der Waals surface area contributed by atoms with Gasteiger partial charge in [0.25, 0.3) is 5.92 Å². The molecule has 13 heavy (non-hydrogen) atoms. The Balaban J connectivity index is 2.32. The van der Waals surface area contributed by atoms with E-state index in [9.17, 15) is 13.6 Å². The number of aromatic nitrogens is 2. The predicted molar refractivity (Wildman–Crippen MR) is 33.6 cm³/mol. The molecule has 1 aliphatic rings. The van der Waals surface area contributed by atoms with E-state index < -0.39 is 23.5 Å². The molecule has 70 valence electrons. The zero-order valence-corrected chi connectivity index (χ0v) is 6.20. The molecule has 5 nitrogen and oxygen atoms in total. The second kappa shape index (κ2) is 2.24. The van der Waals surface area contributed by atoms with Crippen LogP contribution in [-0.2, 0) is 0 Å². The van der Waals surface area contributed by atoms with Crippen molar-refractivity contribution in [3.05, 3.63) is 11.4 Å². The van der Waals surface area contributed by atoms with Gasteiger partial charge in [-0.15, -0.1) is 0 Å². The van der Waals surface area contributed by atoms with Gasteiger partial charge in [-0.3, -0.25) is 0 Å². The molecule has 2 rings (SSSR count). The van der Waals surface area contributed by atoms with Crippen molar-refractivity contribution >= 4 is 5.97 Å². The summed E-state index contributed by atoms with van der Waals surface area (Å²) in [6, 6.07) is 0. The van der Waals surface area contributed by atoms with Gasteiger partial charge in [0, 0.05) is 6.42 Å². The van der Waals surface area contributed by atoms with Crippen LogP contribution in [0.1, 0.15) is 28.5 Å². The standard InChI is InChI=1S/C6H4F2N2O3/c7-6(8)1-2(6)3-4(5(11)12)10-13-9-3/h2H,1H2,(H,11,12). The molecule has 1 aromatic heterocycles. The summed E-state index contributed by atoms with van der Waals surface area (Å²) in [4.78, 5) is 10.4. The van der Waals surface area contributed by atoms with Crippen LogP contribution in [0, 0.1) is 0 Å². The van der Waals surface area contributed by atoms with Crippen molar-refractivity contribution in [3.8, 4) is 0 Å². The predicted octanol–water partition coefficient (Wildman–Crippen LogP) is 0.890. The summed E-state index contributed by atoms with van der Waals surface area (Å²) in [6.45, 7) is 0. The Bertz CT molecular complexity index is 363. The lowest BCUT2D eigenvalue weighted by atomic mass is 10.2. The Kier molecular flexibility index (Phi) is 1.39. The summed E-state index contributed by atoms with van der Waals surface area (Å²) in [5.41, 5.74) is -0.792. The molecule has 1 aromatic rings. The molecule has 0 aromatic carbocycles. The smallest absolute Gasteiger partial charge is 0.360 e. The second-order valence-corrected chi connectivity index (χ2v) is 2.82. The van der Waals surface area contributed by atoms with Gasteiger partial charge in [0.15, 0.2) is 0 Å². The number of alkyl halides is 2. The summed E-state index contributed by atoms with van der Waals surface area (Å²) < 4.78 is 29.1. The molecule has 1 unspecified atom stereocenters. The van der Waals surface area contributed by atoms with Crippen LogP contribution in [0.2, 0.25) is 0 Å². The fraction of sp³-hybridized carbons (Fsp3) is 0.500. The summed E-state index contributed by atoms with van der Waals surface area (Å²) in [5.74, 6) is -5.41. The van der Waals surface area contributed by atoms with E-state index in [0.29, 0.717) is 0 Å². The van der Waals surface area contributed by atoms with Crippen LogP contribution < -0.4 is 0 Å². The number of rotatable bonds is 2. The average Bonchev–Trinajstić information content (AvgIpc) is 2.49. The molecule has 0 aliphatic heterocycles. The van der Waals surface area contributed by atoms with Crippen LogP contribution in [-0.4, -0.2) is 27.3 Å². The highest BCUT2D eigenvalue weighted by Gasteiger charge is 2.60. The van der Waals surface area contributed by atoms with Crippen LogP contribution in [0.3, 0.4) is 0 Å². The van der Waals surface area contributed by atoms with Crippen LogP contribution >= 0.6 is 0 Å². The van der Waals surface area contributed by atoms with Gasteiger partial charge in [0.1, 0.15) is 5.69 Å². The molecular weight excluding hydrogens is 186 g/mol. The highest BCUT2D eigenvalue weighted by Crippen LogP contribution is 2.55. The third-order valence-electron chi connectivity index (χ3n) is 1.87. The SMILES string of the molecule is O=C(O)c1nonc1C1CC1(F)F. The molecule has 1 saturated carbocycles. The largest absolute Gasteiger partial charge is 0.476 e. The number of hydrogen-bond acceptors (Lipinski definition) is 4. The van der Waals surface area contributed by atoms with Gasteiger partial charge >= 0.3 is 5.97 Å². The first-order valence-electron chi connectivity index (χ1n) is 3.46. The van der Waals surface area contributed by atoms with Crippen molar-refractivity contribution < 1.29 is 23.3 Å². The maximum atomic E-state index is 12.5. The Labute approximate surface area is 70.3 Å². The van der Waals surface area contributed by atoms with E-state index in [1.165, 1.54) is 0 Å². The highest BCUT2D eigenvalue weighted by molar-refractivity contribution is 5.86. The zero-order valence-electron chi connectivity index (χ0n) is 6.20. The Hall–Kier alpha value is -1.53. The van der Waals surface area contributed by atoms with E-state index in [4.69, 9.17) is 5.11 Å². The summed E-state index contributed by atoms with van der Waals surface area (Å²) >= 11 is 0. The molecule has 0 saturated heterocycles. The van der Waals surface area contributed by atoms with E-state index in [1.807, 2.05) is 0 Å². The molecular formula is C6H4F2N2O3. The Morgan fingerprint density at radius 2 is 2.23 bits per heavy atom. The maximum Gasteiger partial charge on any atom is 0.360 e. The fourth-order valence-electron chi connectivity index (χ4n) is 1.08. The zero-order chi connectivity index (χ0) is 9.64. The van der Waals surface area contributed by atoms with Crippen molar-refractivity contribution in [1.82, 2.24) is 10.3 Å². The first-order chi connectivity index (χ1) is 6.02. The first-order valence-corrected chi connectivity index (χ1v) is 3.46. The minimum absolute atomic E-state index is 0.266. The monoisotopic (exact) mass is 190 g/mol. The van der Waals surface area contributed by atoms with E-state index in [0.717, 1.165) is 0 Å². The van der Waals surface area contributed by atoms with Crippen molar-refractivity contribution in [2.24, 2.45) is 0 Å². The van der Waals surface area contributed by atoms with E-state index in [1.54, 1.807) is 0 Å². The first kappa shape index (κ1) is 8.09. The number of aromatic carboxylic acids is 1. The fourth-order valence-corrected chi connectivity index (χ4v) is 1.08. The van der Waals surface area contributed by atoms with Crippen molar-refractivity contribution in [2.75, 3.05) is 0 Å². The number of carbonyl (C=O) groups is 1. The third-order valence-corrected chi connectivity index (χ3v) is 1.87. The number of nitrogens with zero attached hydrogens (tertiary/aromatic N) is 2. The minimum Gasteiger partial charge on any atom is -0.476 e. The van der Waals surface area contributed by atoms with Crippen LogP contribution in [0.4, 0.5) is 8.78 Å². The molecule has 1 aliphatic carbocycles. The van der Waals surface area contributed by atoms with Gasteiger partial charge in [0.2, 0.25) is 5.69 Å². The summed E-state index contributed by atoms with van der Waals surface area (Å²) in [6.07, 6.45) is -0.387. The lowest BCUT2D eigenvalue weighted by Crippen LogP contribution is -2.03. The molecule has 1 heterocycles. The molecule has 0 amide bonds. The highest BCUT2D eigenvalue weighted by atomic mass is 19.3. The second-order valence-electron chi connectivity index (χ2n) is 2.82. The Morgan fingerprint density at radius 1 is 1.62 bits per heavy atom. The normalized spacial score (nSPS) is 24.3. The van der Waals surface area contributed by atoms with Gasteiger partial charge < -0.3 is 5.11 Å². The quantitative estimate of drug-likeness (QED) is 0.749. The van der Waals surface area contributed by atoms with E-state index in [2.05, 4.69) is 14.9 Å². The summed E-state index contributed by atoms with van der Waals surface area (Å²) in [5, 5.41) is 14.7. The molecule has 0 radical (unpaired) electrons. The molecule has 1 fully saturated rings. The van der Waals surface area contributed by atoms with Gasteiger partial charge in [-0.05, 0) is 5.16 Å². The van der Waals surface area contributed by atoms with Gasteiger partial charge in [0.05, 0.1) is 5.92 Å². The average molecular weight is 190 g/mol. The third kappa shape index (κ3) is 1.16. The summed E-state index contributed by atoms with van der Waals surface area (Å²) in [7, 11) is 0. The topological polar surface area (TPSA) is 76.2 Å². The van der Waals surface area contributed by atoms with Gasteiger partial charge in [-0.25, -0.2) is 18.2 Å². The lowest BCUT2D eigenvalue weighted by Gasteiger charge is -1.91. The lowest BCUT2D eigenvalue weighted by molar-refractivity contribution is 0.0683. The van der Waals surface area contributed by atoms with E-state index in [-0.39, 0.29) is 12.1 Å². The van der Waals surface area contributed by atoms with Crippen LogP contribution in [0.25, 0.3) is 0 Å². The number of carboxylic acids is 1. The molecule has 7 heteroatoms. The number of hydrogen-bond donors (Lipinski definition) is 1. The van der Waals surface area contributed by atoms with Crippen molar-refractivity contribution in [3.63, 3.8) is 0 Å². The van der Waals surface area contributed by atoms with Gasteiger partial charge in [-0.1, -0.05) is 5.16 Å². The van der Waals surface area contributed by atoms with Crippen LogP contribution in [0.5, 0.6) is 0 Å². The molecule has 0 bridgehead atoms. The maximum absolute atomic E-state index is 12.5. The van der Waals surface area contributed by atoms with Crippen molar-refractivity contribution in [2.45, 2.75) is 18.3 Å². The molecule has 0 spiro atoms. The molecule has 1 N–H and O–H groups in total. The number of halogens is 2. The minimum atomic E-state index is -2.86. The number of carboxylic acid groups (broad SMARTS) is 1. The van der Waals surface area contributed by atoms with E-state index >= 15 is 0 Å². The van der Waals surface area contributed by atoms with Crippen molar-refractivity contribution in [1.29, 1.82) is 0 Å². The van der Waals surface area contributed by atoms with Gasteiger partial charge in [-0.2, -0.15) is 0 Å². The molecule has 1 atom stereocenters.